The Labute approximate surface area is 165 Å². The number of fused-ring (bicyclic) bond motifs is 1. The standard InChI is InChI=1S/C20H20F3N3OS/c21-20(22,23)28-18-16(5-3-10-24-18)19(27)25-11-8-15(9-12-25)26-13-7-14-4-1-2-6-17(14)26/h1-6,10,15H,7-9,11-13H2. The summed E-state index contributed by atoms with van der Waals surface area (Å²) >= 11 is -0.334. The van der Waals surface area contributed by atoms with Gasteiger partial charge in [-0.2, -0.15) is 13.2 Å². The molecule has 2 aliphatic rings. The molecule has 1 fully saturated rings. The Balaban J connectivity index is 1.43. The first-order chi connectivity index (χ1) is 13.4. The van der Waals surface area contributed by atoms with Crippen molar-refractivity contribution in [2.45, 2.75) is 35.8 Å². The Morgan fingerprint density at radius 3 is 2.57 bits per heavy atom. The van der Waals surface area contributed by atoms with Crippen LogP contribution in [0.5, 0.6) is 0 Å². The van der Waals surface area contributed by atoms with Crippen LogP contribution < -0.4 is 4.90 Å². The molecule has 0 spiro atoms. The van der Waals surface area contributed by atoms with Crippen LogP contribution in [0.25, 0.3) is 0 Å². The van der Waals surface area contributed by atoms with Gasteiger partial charge in [-0.15, -0.1) is 0 Å². The lowest BCUT2D eigenvalue weighted by atomic mass is 10.0. The summed E-state index contributed by atoms with van der Waals surface area (Å²) in [6.07, 6.45) is 3.93. The Morgan fingerprint density at radius 2 is 1.82 bits per heavy atom. The molecule has 4 nitrogen and oxygen atoms in total. The van der Waals surface area contributed by atoms with E-state index in [0.29, 0.717) is 19.1 Å². The average molecular weight is 407 g/mol. The van der Waals surface area contributed by atoms with Crippen molar-refractivity contribution in [3.05, 3.63) is 53.7 Å². The van der Waals surface area contributed by atoms with Crippen LogP contribution in [0, 0.1) is 0 Å². The van der Waals surface area contributed by atoms with Crippen LogP contribution in [-0.2, 0) is 6.42 Å². The molecule has 0 unspecified atom stereocenters. The van der Waals surface area contributed by atoms with Crippen LogP contribution in [0.3, 0.4) is 0 Å². The van der Waals surface area contributed by atoms with E-state index in [2.05, 4.69) is 22.0 Å². The summed E-state index contributed by atoms with van der Waals surface area (Å²) in [6.45, 7) is 2.05. The lowest BCUT2D eigenvalue weighted by molar-refractivity contribution is -0.0329. The molecule has 28 heavy (non-hydrogen) atoms. The monoisotopic (exact) mass is 407 g/mol. The Kier molecular flexibility index (Phi) is 5.23. The zero-order chi connectivity index (χ0) is 19.7. The maximum Gasteiger partial charge on any atom is 0.447 e. The Morgan fingerprint density at radius 1 is 1.07 bits per heavy atom. The number of benzene rings is 1. The SMILES string of the molecule is O=C(c1cccnc1SC(F)(F)F)N1CCC(N2CCc3ccccc32)CC1. The van der Waals surface area contributed by atoms with Crippen molar-refractivity contribution in [2.24, 2.45) is 0 Å². The molecule has 8 heteroatoms. The molecule has 1 aromatic heterocycles. The molecule has 2 aromatic rings. The predicted octanol–water partition coefficient (Wildman–Crippen LogP) is 4.36. The number of carbonyl (C=O) groups is 1. The van der Waals surface area contributed by atoms with E-state index in [1.54, 1.807) is 4.90 Å². The lowest BCUT2D eigenvalue weighted by Crippen LogP contribution is -2.46. The van der Waals surface area contributed by atoms with Gasteiger partial charge in [-0.05, 0) is 43.0 Å². The number of carbonyl (C=O) groups excluding carboxylic acids is 1. The highest BCUT2D eigenvalue weighted by Gasteiger charge is 2.35. The molecule has 0 saturated carbocycles. The minimum Gasteiger partial charge on any atom is -0.368 e. The van der Waals surface area contributed by atoms with E-state index in [-0.39, 0.29) is 28.3 Å². The summed E-state index contributed by atoms with van der Waals surface area (Å²) in [4.78, 5) is 20.7. The number of likely N-dealkylation sites (tertiary alicyclic amines) is 1. The van der Waals surface area contributed by atoms with E-state index < -0.39 is 5.51 Å². The number of anilines is 1. The number of para-hydroxylation sites is 1. The summed E-state index contributed by atoms with van der Waals surface area (Å²) in [5, 5.41) is -0.282. The highest BCUT2D eigenvalue weighted by atomic mass is 32.2. The summed E-state index contributed by atoms with van der Waals surface area (Å²) in [5.74, 6) is -0.375. The lowest BCUT2D eigenvalue weighted by Gasteiger charge is -2.38. The van der Waals surface area contributed by atoms with Crippen molar-refractivity contribution in [1.82, 2.24) is 9.88 Å². The van der Waals surface area contributed by atoms with Gasteiger partial charge >= 0.3 is 5.51 Å². The van der Waals surface area contributed by atoms with E-state index in [1.165, 1.54) is 29.6 Å². The number of alkyl halides is 3. The van der Waals surface area contributed by atoms with Crippen LogP contribution >= 0.6 is 11.8 Å². The van der Waals surface area contributed by atoms with Gasteiger partial charge in [0, 0.05) is 49.3 Å². The van der Waals surface area contributed by atoms with Crippen LogP contribution in [0.2, 0.25) is 0 Å². The highest BCUT2D eigenvalue weighted by molar-refractivity contribution is 8.00. The molecular formula is C20H20F3N3OS. The maximum atomic E-state index is 12.8. The average Bonchev–Trinajstić information content (AvgIpc) is 3.11. The van der Waals surface area contributed by atoms with E-state index in [4.69, 9.17) is 0 Å². The first-order valence-electron chi connectivity index (χ1n) is 9.27. The number of hydrogen-bond acceptors (Lipinski definition) is 4. The van der Waals surface area contributed by atoms with Gasteiger partial charge in [0.1, 0.15) is 5.03 Å². The number of piperidine rings is 1. The van der Waals surface area contributed by atoms with Gasteiger partial charge in [-0.25, -0.2) is 4.98 Å². The van der Waals surface area contributed by atoms with Crippen molar-refractivity contribution in [3.63, 3.8) is 0 Å². The molecule has 0 bridgehead atoms. The zero-order valence-electron chi connectivity index (χ0n) is 15.2. The van der Waals surface area contributed by atoms with Crippen molar-refractivity contribution >= 4 is 23.4 Å². The smallest absolute Gasteiger partial charge is 0.368 e. The zero-order valence-corrected chi connectivity index (χ0v) is 16.0. The van der Waals surface area contributed by atoms with Crippen LogP contribution in [0.4, 0.5) is 18.9 Å². The predicted molar refractivity (Wildman–Crippen MR) is 103 cm³/mol. The fourth-order valence-electron chi connectivity index (χ4n) is 4.04. The number of pyridine rings is 1. The quantitative estimate of drug-likeness (QED) is 0.709. The Hall–Kier alpha value is -2.22. The van der Waals surface area contributed by atoms with E-state index in [9.17, 15) is 18.0 Å². The molecule has 1 amide bonds. The molecule has 0 aliphatic carbocycles. The van der Waals surface area contributed by atoms with Crippen molar-refractivity contribution in [3.8, 4) is 0 Å². The Bertz CT molecular complexity index is 866. The molecular weight excluding hydrogens is 387 g/mol. The van der Waals surface area contributed by atoms with Crippen molar-refractivity contribution in [1.29, 1.82) is 0 Å². The first-order valence-corrected chi connectivity index (χ1v) is 10.1. The number of nitrogens with zero attached hydrogens (tertiary/aromatic N) is 3. The van der Waals surface area contributed by atoms with Crippen LogP contribution in [-0.4, -0.2) is 47.0 Å². The first kappa shape index (κ1) is 19.1. The third-order valence-electron chi connectivity index (χ3n) is 5.33. The van der Waals surface area contributed by atoms with E-state index in [0.717, 1.165) is 25.8 Å². The van der Waals surface area contributed by atoms with Gasteiger partial charge in [-0.3, -0.25) is 4.79 Å². The van der Waals surface area contributed by atoms with Crippen LogP contribution in [0.15, 0.2) is 47.6 Å². The molecule has 0 radical (unpaired) electrons. The normalized spacial score (nSPS) is 17.7. The number of amides is 1. The van der Waals surface area contributed by atoms with Crippen LogP contribution in [0.1, 0.15) is 28.8 Å². The second-order valence-electron chi connectivity index (χ2n) is 7.00. The largest absolute Gasteiger partial charge is 0.447 e. The molecule has 0 atom stereocenters. The summed E-state index contributed by atoms with van der Waals surface area (Å²) in [6, 6.07) is 11.7. The molecule has 2 aliphatic heterocycles. The van der Waals surface area contributed by atoms with Gasteiger partial charge < -0.3 is 9.80 Å². The second-order valence-corrected chi connectivity index (χ2v) is 8.05. The van der Waals surface area contributed by atoms with Gasteiger partial charge in [0.2, 0.25) is 0 Å². The van der Waals surface area contributed by atoms with Gasteiger partial charge in [0.25, 0.3) is 5.91 Å². The fraction of sp³-hybridized carbons (Fsp3) is 0.400. The van der Waals surface area contributed by atoms with E-state index >= 15 is 0 Å². The van der Waals surface area contributed by atoms with Crippen molar-refractivity contribution < 1.29 is 18.0 Å². The second kappa shape index (κ2) is 7.66. The number of hydrogen-bond donors (Lipinski definition) is 0. The number of thioether (sulfide) groups is 1. The summed E-state index contributed by atoms with van der Waals surface area (Å²) < 4.78 is 38.3. The minimum atomic E-state index is -4.47. The minimum absolute atomic E-state index is 0.0230. The maximum absolute atomic E-state index is 12.8. The molecule has 1 aromatic carbocycles. The summed E-state index contributed by atoms with van der Waals surface area (Å²) in [5.41, 5.74) is -1.83. The van der Waals surface area contributed by atoms with Gasteiger partial charge in [-0.1, -0.05) is 18.2 Å². The molecule has 1 saturated heterocycles. The number of aromatic nitrogens is 1. The fourth-order valence-corrected chi connectivity index (χ4v) is 4.64. The molecule has 0 N–H and O–H groups in total. The van der Waals surface area contributed by atoms with Gasteiger partial charge in [0.15, 0.2) is 0 Å². The molecule has 3 heterocycles. The van der Waals surface area contributed by atoms with E-state index in [1.807, 2.05) is 12.1 Å². The number of rotatable bonds is 3. The summed E-state index contributed by atoms with van der Waals surface area (Å²) in [7, 11) is 0. The molecule has 148 valence electrons. The van der Waals surface area contributed by atoms with Crippen molar-refractivity contribution in [2.75, 3.05) is 24.5 Å². The third-order valence-corrected chi connectivity index (χ3v) is 6.08. The number of halogens is 3. The van der Waals surface area contributed by atoms with Gasteiger partial charge in [0.05, 0.1) is 5.56 Å². The topological polar surface area (TPSA) is 36.4 Å². The molecule has 4 rings (SSSR count). The highest BCUT2D eigenvalue weighted by Crippen LogP contribution is 2.38. The third kappa shape index (κ3) is 3.97.